The van der Waals surface area contributed by atoms with Crippen molar-refractivity contribution in [1.82, 2.24) is 0 Å². The van der Waals surface area contributed by atoms with Gasteiger partial charge in [-0.15, -0.1) is 0 Å². The molecule has 0 saturated heterocycles. The van der Waals surface area contributed by atoms with Crippen molar-refractivity contribution in [3.05, 3.63) is 237 Å². The van der Waals surface area contributed by atoms with Gasteiger partial charge in [-0.1, -0.05) is 200 Å². The first-order chi connectivity index (χ1) is 27.3. The molecular weight excluding hydrogens is 663 g/mol. The lowest BCUT2D eigenvalue weighted by Crippen LogP contribution is -2.12. The van der Waals surface area contributed by atoms with Crippen molar-refractivity contribution in [2.45, 2.75) is 0 Å². The second-order valence-electron chi connectivity index (χ2n) is 13.7. The molecule has 0 saturated carbocycles. The molecule has 260 valence electrons. The van der Waals surface area contributed by atoms with Crippen LogP contribution in [0.25, 0.3) is 66.8 Å². The Morgan fingerprint density at radius 1 is 0.200 bits per heavy atom. The summed E-state index contributed by atoms with van der Waals surface area (Å²) in [6, 6.07) is 85.1. The first kappa shape index (κ1) is 33.6. The summed E-state index contributed by atoms with van der Waals surface area (Å²) in [5.41, 5.74) is 17.5. The van der Waals surface area contributed by atoms with E-state index < -0.39 is 0 Å². The topological polar surface area (TPSA) is 3.24 Å². The molecule has 0 aliphatic heterocycles. The Kier molecular flexibility index (Phi) is 9.41. The van der Waals surface area contributed by atoms with E-state index in [-0.39, 0.29) is 0 Å². The van der Waals surface area contributed by atoms with Crippen LogP contribution in [-0.4, -0.2) is 0 Å². The first-order valence-corrected chi connectivity index (χ1v) is 18.8. The smallest absolute Gasteiger partial charge is 0.0540 e. The van der Waals surface area contributed by atoms with Crippen molar-refractivity contribution in [3.8, 4) is 66.8 Å². The van der Waals surface area contributed by atoms with Gasteiger partial charge in [-0.25, -0.2) is 0 Å². The third-order valence-electron chi connectivity index (χ3n) is 10.3. The fourth-order valence-corrected chi connectivity index (χ4v) is 7.60. The Labute approximate surface area is 324 Å². The Morgan fingerprint density at radius 3 is 1.22 bits per heavy atom. The molecule has 9 rings (SSSR count). The van der Waals surface area contributed by atoms with Gasteiger partial charge >= 0.3 is 0 Å². The molecule has 0 bridgehead atoms. The van der Waals surface area contributed by atoms with Gasteiger partial charge in [-0.05, 0) is 92.0 Å². The first-order valence-electron chi connectivity index (χ1n) is 18.8. The second kappa shape index (κ2) is 15.4. The standard InChI is InChI=1S/C54H39N/c1-6-19-40(20-7-1)46-34-36-54(52(39-46)44-27-14-5-15-28-44)55(53-32-17-16-31-50(53)42-23-10-3-11-24-42)48-30-18-29-45(37-48)47-33-35-49(41-21-8-2-9-22-41)51(38-47)43-25-12-4-13-26-43/h1-39H. The molecule has 0 aliphatic carbocycles. The number of hydrogen-bond donors (Lipinski definition) is 0. The molecule has 0 atom stereocenters. The summed E-state index contributed by atoms with van der Waals surface area (Å²) in [5, 5.41) is 0. The van der Waals surface area contributed by atoms with Crippen LogP contribution >= 0.6 is 0 Å². The van der Waals surface area contributed by atoms with Crippen LogP contribution in [0.3, 0.4) is 0 Å². The summed E-state index contributed by atoms with van der Waals surface area (Å²) in [6.07, 6.45) is 0. The summed E-state index contributed by atoms with van der Waals surface area (Å²) in [5.74, 6) is 0. The summed E-state index contributed by atoms with van der Waals surface area (Å²) in [7, 11) is 0. The highest BCUT2D eigenvalue weighted by atomic mass is 15.1. The summed E-state index contributed by atoms with van der Waals surface area (Å²) in [6.45, 7) is 0. The fraction of sp³-hybridized carbons (Fsp3) is 0. The maximum atomic E-state index is 2.44. The number of anilines is 3. The molecule has 0 unspecified atom stereocenters. The maximum absolute atomic E-state index is 2.44. The van der Waals surface area contributed by atoms with Crippen LogP contribution in [0, 0.1) is 0 Å². The van der Waals surface area contributed by atoms with Crippen molar-refractivity contribution in [3.63, 3.8) is 0 Å². The Bertz CT molecular complexity index is 2670. The van der Waals surface area contributed by atoms with E-state index in [1.807, 2.05) is 0 Å². The maximum Gasteiger partial charge on any atom is 0.0540 e. The molecule has 0 aromatic heterocycles. The SMILES string of the molecule is c1ccc(-c2ccc(N(c3cccc(-c4ccc(-c5ccccc5)c(-c5ccccc5)c4)c3)c3ccccc3-c3ccccc3)c(-c3ccccc3)c2)cc1. The Morgan fingerprint density at radius 2 is 0.600 bits per heavy atom. The minimum absolute atomic E-state index is 1.08. The van der Waals surface area contributed by atoms with Gasteiger partial charge in [0.15, 0.2) is 0 Å². The Balaban J connectivity index is 1.26. The zero-order valence-corrected chi connectivity index (χ0v) is 30.5. The van der Waals surface area contributed by atoms with Gasteiger partial charge in [0.05, 0.1) is 11.4 Å². The van der Waals surface area contributed by atoms with E-state index >= 15 is 0 Å². The molecule has 0 aliphatic rings. The van der Waals surface area contributed by atoms with E-state index in [9.17, 15) is 0 Å². The highest BCUT2D eigenvalue weighted by Gasteiger charge is 2.22. The number of hydrogen-bond acceptors (Lipinski definition) is 1. The third kappa shape index (κ3) is 7.00. The molecule has 0 N–H and O–H groups in total. The van der Waals surface area contributed by atoms with Crippen molar-refractivity contribution >= 4 is 17.1 Å². The van der Waals surface area contributed by atoms with Crippen molar-refractivity contribution < 1.29 is 0 Å². The summed E-state index contributed by atoms with van der Waals surface area (Å²) >= 11 is 0. The number of nitrogens with zero attached hydrogens (tertiary/aromatic N) is 1. The minimum Gasteiger partial charge on any atom is -0.309 e. The van der Waals surface area contributed by atoms with Crippen LogP contribution in [-0.2, 0) is 0 Å². The van der Waals surface area contributed by atoms with E-state index in [0.29, 0.717) is 0 Å². The van der Waals surface area contributed by atoms with Crippen LogP contribution in [0.5, 0.6) is 0 Å². The number of para-hydroxylation sites is 1. The van der Waals surface area contributed by atoms with Gasteiger partial charge < -0.3 is 4.90 Å². The molecule has 9 aromatic carbocycles. The second-order valence-corrected chi connectivity index (χ2v) is 13.7. The largest absolute Gasteiger partial charge is 0.309 e. The van der Waals surface area contributed by atoms with E-state index in [1.54, 1.807) is 0 Å². The molecule has 0 radical (unpaired) electrons. The summed E-state index contributed by atoms with van der Waals surface area (Å²) in [4.78, 5) is 2.44. The highest BCUT2D eigenvalue weighted by molar-refractivity contribution is 5.96. The van der Waals surface area contributed by atoms with Crippen LogP contribution < -0.4 is 4.90 Å². The van der Waals surface area contributed by atoms with Crippen molar-refractivity contribution in [2.24, 2.45) is 0 Å². The van der Waals surface area contributed by atoms with E-state index in [0.717, 1.165) is 33.8 Å². The quantitative estimate of drug-likeness (QED) is 0.145. The monoisotopic (exact) mass is 701 g/mol. The van der Waals surface area contributed by atoms with Crippen molar-refractivity contribution in [1.29, 1.82) is 0 Å². The molecule has 9 aromatic rings. The normalized spacial score (nSPS) is 10.9. The van der Waals surface area contributed by atoms with Crippen LogP contribution in [0.2, 0.25) is 0 Å². The van der Waals surface area contributed by atoms with Gasteiger partial charge in [0.1, 0.15) is 0 Å². The number of benzene rings is 9. The molecule has 1 heteroatoms. The lowest BCUT2D eigenvalue weighted by atomic mass is 9.91. The third-order valence-corrected chi connectivity index (χ3v) is 10.3. The van der Waals surface area contributed by atoms with Crippen LogP contribution in [0.1, 0.15) is 0 Å². The van der Waals surface area contributed by atoms with E-state index in [4.69, 9.17) is 0 Å². The molecule has 0 heterocycles. The average molecular weight is 702 g/mol. The zero-order chi connectivity index (χ0) is 36.8. The van der Waals surface area contributed by atoms with Gasteiger partial charge in [0.2, 0.25) is 0 Å². The molecule has 0 spiro atoms. The van der Waals surface area contributed by atoms with Gasteiger partial charge in [0.25, 0.3) is 0 Å². The zero-order valence-electron chi connectivity index (χ0n) is 30.5. The lowest BCUT2D eigenvalue weighted by molar-refractivity contribution is 1.28. The predicted molar refractivity (Wildman–Crippen MR) is 234 cm³/mol. The molecule has 1 nitrogen and oxygen atoms in total. The van der Waals surface area contributed by atoms with E-state index in [2.05, 4.69) is 241 Å². The molecule has 0 fully saturated rings. The van der Waals surface area contributed by atoms with Crippen LogP contribution in [0.15, 0.2) is 237 Å². The van der Waals surface area contributed by atoms with Crippen LogP contribution in [0.4, 0.5) is 17.1 Å². The number of rotatable bonds is 9. The van der Waals surface area contributed by atoms with Gasteiger partial charge in [0, 0.05) is 16.8 Å². The average Bonchev–Trinajstić information content (AvgIpc) is 3.28. The summed E-state index contributed by atoms with van der Waals surface area (Å²) < 4.78 is 0. The van der Waals surface area contributed by atoms with Gasteiger partial charge in [-0.3, -0.25) is 0 Å². The molecule has 0 amide bonds. The Hall–Kier alpha value is -7.22. The lowest BCUT2D eigenvalue weighted by Gasteiger charge is -2.30. The van der Waals surface area contributed by atoms with Crippen molar-refractivity contribution in [2.75, 3.05) is 4.90 Å². The fourth-order valence-electron chi connectivity index (χ4n) is 7.60. The highest BCUT2D eigenvalue weighted by Crippen LogP contribution is 2.47. The predicted octanol–water partition coefficient (Wildman–Crippen LogP) is 15.2. The van der Waals surface area contributed by atoms with Gasteiger partial charge in [-0.2, -0.15) is 0 Å². The van der Waals surface area contributed by atoms with E-state index in [1.165, 1.54) is 50.1 Å². The molecular formula is C54H39N. The molecule has 55 heavy (non-hydrogen) atoms. The minimum atomic E-state index is 1.08.